The van der Waals surface area contributed by atoms with E-state index in [2.05, 4.69) is 5.32 Å². The summed E-state index contributed by atoms with van der Waals surface area (Å²) in [5.41, 5.74) is 3.24. The van der Waals surface area contributed by atoms with Crippen molar-refractivity contribution < 1.29 is 13.9 Å². The van der Waals surface area contributed by atoms with Crippen molar-refractivity contribution in [3.63, 3.8) is 0 Å². The second kappa shape index (κ2) is 9.07. The topological polar surface area (TPSA) is 68.5 Å². The molecule has 0 aliphatic carbocycles. The molecule has 1 amide bonds. The number of benzene rings is 3. The summed E-state index contributed by atoms with van der Waals surface area (Å²) in [6.07, 6.45) is 0. The first-order valence-electron chi connectivity index (χ1n) is 9.84. The molecule has 0 aliphatic rings. The van der Waals surface area contributed by atoms with E-state index in [9.17, 15) is 9.59 Å². The molecule has 0 aliphatic heterocycles. The van der Waals surface area contributed by atoms with Gasteiger partial charge in [-0.15, -0.1) is 0 Å². The summed E-state index contributed by atoms with van der Waals surface area (Å²) in [4.78, 5) is 25.7. The Morgan fingerprint density at radius 1 is 1.00 bits per heavy atom. The van der Waals surface area contributed by atoms with Gasteiger partial charge in [-0.05, 0) is 67.4 Å². The molecule has 3 aromatic carbocycles. The lowest BCUT2D eigenvalue weighted by molar-refractivity contribution is -0.118. The molecule has 0 unspecified atom stereocenters. The van der Waals surface area contributed by atoms with Gasteiger partial charge in [0.1, 0.15) is 5.58 Å². The Labute approximate surface area is 194 Å². The van der Waals surface area contributed by atoms with Gasteiger partial charge in [-0.1, -0.05) is 41.4 Å². The normalized spacial score (nSPS) is 10.9. The Morgan fingerprint density at radius 3 is 2.53 bits per heavy atom. The third-order valence-corrected chi connectivity index (χ3v) is 5.62. The highest BCUT2D eigenvalue weighted by molar-refractivity contribution is 6.36. The van der Waals surface area contributed by atoms with Gasteiger partial charge in [0.15, 0.2) is 12.4 Å². The Bertz CT molecular complexity index is 1390. The zero-order chi connectivity index (χ0) is 22.8. The molecule has 4 aromatic rings. The molecule has 1 N–H and O–H groups in total. The number of hydrogen-bond acceptors (Lipinski definition) is 4. The van der Waals surface area contributed by atoms with E-state index in [1.54, 1.807) is 42.5 Å². The van der Waals surface area contributed by atoms with Gasteiger partial charge >= 0.3 is 0 Å². The van der Waals surface area contributed by atoms with E-state index >= 15 is 0 Å². The molecule has 0 radical (unpaired) electrons. The van der Waals surface area contributed by atoms with Crippen molar-refractivity contribution >= 4 is 45.8 Å². The number of hydrogen-bond donors (Lipinski definition) is 1. The zero-order valence-electron chi connectivity index (χ0n) is 17.4. The monoisotopic (exact) mass is 467 g/mol. The second-order valence-corrected chi connectivity index (χ2v) is 8.19. The number of anilines is 1. The number of carbonyl (C=O) groups is 1. The molecule has 5 nitrogen and oxygen atoms in total. The maximum atomic E-state index is 13.2. The van der Waals surface area contributed by atoms with Crippen molar-refractivity contribution in [3.05, 3.63) is 92.1 Å². The van der Waals surface area contributed by atoms with Gasteiger partial charge < -0.3 is 14.5 Å². The third-order valence-electron chi connectivity index (χ3n) is 5.07. The Balaban J connectivity index is 1.69. The first-order valence-corrected chi connectivity index (χ1v) is 10.6. The van der Waals surface area contributed by atoms with Gasteiger partial charge in [0.25, 0.3) is 5.91 Å². The van der Waals surface area contributed by atoms with Crippen molar-refractivity contribution in [2.24, 2.45) is 0 Å². The third kappa shape index (κ3) is 4.49. The smallest absolute Gasteiger partial charge is 0.262 e. The van der Waals surface area contributed by atoms with E-state index < -0.39 is 11.3 Å². The molecule has 7 heteroatoms. The van der Waals surface area contributed by atoms with Gasteiger partial charge in [0, 0.05) is 16.3 Å². The predicted octanol–water partition coefficient (Wildman–Crippen LogP) is 6.40. The van der Waals surface area contributed by atoms with E-state index in [4.69, 9.17) is 32.4 Å². The molecule has 0 spiro atoms. The van der Waals surface area contributed by atoms with Gasteiger partial charge in [-0.2, -0.15) is 0 Å². The minimum Gasteiger partial charge on any atom is -0.476 e. The number of nitrogens with one attached hydrogen (secondary N) is 1. The minimum absolute atomic E-state index is 0.0943. The number of para-hydroxylation sites is 1. The molecule has 162 valence electrons. The number of carbonyl (C=O) groups excluding carboxylic acids is 1. The summed E-state index contributed by atoms with van der Waals surface area (Å²) in [6.45, 7) is 3.57. The van der Waals surface area contributed by atoms with Crippen molar-refractivity contribution in [2.75, 3.05) is 11.9 Å². The van der Waals surface area contributed by atoms with E-state index in [0.717, 1.165) is 11.1 Å². The van der Waals surface area contributed by atoms with Crippen LogP contribution in [0.25, 0.3) is 22.3 Å². The van der Waals surface area contributed by atoms with Crippen LogP contribution in [0.1, 0.15) is 11.1 Å². The van der Waals surface area contributed by atoms with Crippen LogP contribution in [0, 0.1) is 13.8 Å². The number of rotatable bonds is 5. The fraction of sp³-hybridized carbons (Fsp3) is 0.120. The number of halogens is 2. The first kappa shape index (κ1) is 21.9. The van der Waals surface area contributed by atoms with Crippen molar-refractivity contribution in [1.29, 1.82) is 0 Å². The summed E-state index contributed by atoms with van der Waals surface area (Å²) in [5.74, 6) is -0.369. The van der Waals surface area contributed by atoms with Crippen LogP contribution in [0.5, 0.6) is 5.75 Å². The number of amides is 1. The molecule has 0 saturated heterocycles. The molecular weight excluding hydrogens is 449 g/mol. The summed E-state index contributed by atoms with van der Waals surface area (Å²) < 4.78 is 11.7. The van der Waals surface area contributed by atoms with Crippen LogP contribution in [0.3, 0.4) is 0 Å². The summed E-state index contributed by atoms with van der Waals surface area (Å²) >= 11 is 12.4. The average Bonchev–Trinajstić information content (AvgIpc) is 2.76. The zero-order valence-corrected chi connectivity index (χ0v) is 18.9. The Morgan fingerprint density at radius 2 is 1.78 bits per heavy atom. The van der Waals surface area contributed by atoms with Gasteiger partial charge in [-0.25, -0.2) is 0 Å². The van der Waals surface area contributed by atoms with Crippen LogP contribution in [-0.2, 0) is 4.79 Å². The number of aryl methyl sites for hydroxylation is 2. The lowest BCUT2D eigenvalue weighted by Crippen LogP contribution is -2.22. The van der Waals surface area contributed by atoms with Crippen LogP contribution >= 0.6 is 23.2 Å². The van der Waals surface area contributed by atoms with Crippen LogP contribution in [0.15, 0.2) is 69.9 Å². The van der Waals surface area contributed by atoms with Crippen molar-refractivity contribution in [2.45, 2.75) is 13.8 Å². The van der Waals surface area contributed by atoms with Crippen molar-refractivity contribution in [1.82, 2.24) is 0 Å². The standard InChI is InChI=1S/C25H19Cl2NO4/c1-14-7-9-17(11-15(14)2)28-22(29)13-31-25-23(30)19-5-3-4-6-21(19)32-24(25)18-10-8-16(26)12-20(18)27/h3-12H,13H2,1-2H3,(H,28,29). The highest BCUT2D eigenvalue weighted by Crippen LogP contribution is 2.36. The highest BCUT2D eigenvalue weighted by atomic mass is 35.5. The van der Waals surface area contributed by atoms with E-state index in [0.29, 0.717) is 32.3 Å². The summed E-state index contributed by atoms with van der Waals surface area (Å²) in [6, 6.07) is 17.2. The molecular formula is C25H19Cl2NO4. The molecule has 1 heterocycles. The van der Waals surface area contributed by atoms with E-state index in [1.165, 1.54) is 0 Å². The van der Waals surface area contributed by atoms with E-state index in [-0.39, 0.29) is 18.1 Å². The quantitative estimate of drug-likeness (QED) is 0.368. The maximum Gasteiger partial charge on any atom is 0.262 e. The maximum absolute atomic E-state index is 13.2. The SMILES string of the molecule is Cc1ccc(NC(=O)COc2c(-c3ccc(Cl)cc3Cl)oc3ccccc3c2=O)cc1C. The number of ether oxygens (including phenoxy) is 1. The highest BCUT2D eigenvalue weighted by Gasteiger charge is 2.21. The van der Waals surface area contributed by atoms with Crippen LogP contribution in [0.4, 0.5) is 5.69 Å². The fourth-order valence-corrected chi connectivity index (χ4v) is 3.76. The molecule has 4 rings (SSSR count). The molecule has 0 atom stereocenters. The fourth-order valence-electron chi connectivity index (χ4n) is 3.26. The van der Waals surface area contributed by atoms with Gasteiger partial charge in [0.2, 0.25) is 11.2 Å². The van der Waals surface area contributed by atoms with Crippen LogP contribution < -0.4 is 15.5 Å². The lowest BCUT2D eigenvalue weighted by Gasteiger charge is -2.13. The molecule has 0 fully saturated rings. The average molecular weight is 468 g/mol. The van der Waals surface area contributed by atoms with Gasteiger partial charge in [0.05, 0.1) is 10.4 Å². The Hall–Kier alpha value is -3.28. The van der Waals surface area contributed by atoms with Crippen LogP contribution in [-0.4, -0.2) is 12.5 Å². The summed E-state index contributed by atoms with van der Waals surface area (Å²) in [7, 11) is 0. The minimum atomic E-state index is -0.408. The molecule has 1 aromatic heterocycles. The first-order chi connectivity index (χ1) is 15.3. The summed E-state index contributed by atoms with van der Waals surface area (Å²) in [5, 5.41) is 3.85. The molecule has 32 heavy (non-hydrogen) atoms. The predicted molar refractivity (Wildman–Crippen MR) is 128 cm³/mol. The van der Waals surface area contributed by atoms with Gasteiger partial charge in [-0.3, -0.25) is 9.59 Å². The van der Waals surface area contributed by atoms with Crippen LogP contribution in [0.2, 0.25) is 10.0 Å². The molecule has 0 saturated carbocycles. The number of fused-ring (bicyclic) bond motifs is 1. The lowest BCUT2D eigenvalue weighted by atomic mass is 10.1. The largest absolute Gasteiger partial charge is 0.476 e. The molecule has 0 bridgehead atoms. The Kier molecular flexibility index (Phi) is 6.21. The van der Waals surface area contributed by atoms with Crippen molar-refractivity contribution in [3.8, 4) is 17.1 Å². The second-order valence-electron chi connectivity index (χ2n) is 7.35. The van der Waals surface area contributed by atoms with E-state index in [1.807, 2.05) is 32.0 Å².